The number of nitrogens with zero attached hydrogens (tertiary/aromatic N) is 3. The Bertz CT molecular complexity index is 1980. The fourth-order valence-electron chi connectivity index (χ4n) is 8.12. The Morgan fingerprint density at radius 3 is 2.29 bits per heavy atom. The smallest absolute Gasteiger partial charge is 0.303 e. The Morgan fingerprint density at radius 1 is 0.878 bits per heavy atom. The second kappa shape index (κ2) is 13.4. The Labute approximate surface area is 287 Å². The molecule has 0 saturated carbocycles. The number of aliphatic carboxylic acids is 1. The number of aromatic amines is 2. The zero-order valence-corrected chi connectivity index (χ0v) is 29.6. The van der Waals surface area contributed by atoms with Crippen molar-refractivity contribution < 1.29 is 24.3 Å². The molecule has 6 rings (SSSR count). The van der Waals surface area contributed by atoms with Crippen LogP contribution in [-0.2, 0) is 9.59 Å². The maximum absolute atomic E-state index is 14.5. The Hall–Kier alpha value is -4.60. The van der Waals surface area contributed by atoms with Crippen LogP contribution in [0.2, 0.25) is 0 Å². The van der Waals surface area contributed by atoms with E-state index in [1.165, 1.54) is 4.90 Å². The van der Waals surface area contributed by atoms with Crippen molar-refractivity contribution in [3.05, 3.63) is 69.1 Å². The molecule has 0 fully saturated rings. The van der Waals surface area contributed by atoms with Crippen molar-refractivity contribution in [2.75, 3.05) is 6.54 Å². The van der Waals surface area contributed by atoms with E-state index >= 15 is 0 Å². The Kier molecular flexibility index (Phi) is 9.35. The summed E-state index contributed by atoms with van der Waals surface area (Å²) in [4.78, 5) is 72.1. The minimum absolute atomic E-state index is 0.0790. The summed E-state index contributed by atoms with van der Waals surface area (Å²) < 4.78 is 0. The molecule has 8 bridgehead atoms. The van der Waals surface area contributed by atoms with Gasteiger partial charge in [0.25, 0.3) is 11.8 Å². The quantitative estimate of drug-likeness (QED) is 0.172. The number of unbranched alkanes of at least 4 members (excludes halogenated alkanes) is 3. The Balaban J connectivity index is 1.73. The molecule has 2 aromatic rings. The number of imide groups is 1. The summed E-state index contributed by atoms with van der Waals surface area (Å²) >= 11 is 0. The summed E-state index contributed by atoms with van der Waals surface area (Å²) in [6, 6.07) is 5.89. The van der Waals surface area contributed by atoms with Crippen molar-refractivity contribution >= 4 is 45.7 Å². The van der Waals surface area contributed by atoms with Crippen molar-refractivity contribution in [3.8, 4) is 0 Å². The van der Waals surface area contributed by atoms with E-state index in [4.69, 9.17) is 9.97 Å². The number of H-pyrrole nitrogens is 2. The summed E-state index contributed by atoms with van der Waals surface area (Å²) in [6.45, 7) is 14.1. The van der Waals surface area contributed by atoms with Crippen LogP contribution in [0.25, 0.3) is 22.2 Å². The fourth-order valence-corrected chi connectivity index (χ4v) is 8.12. The van der Waals surface area contributed by atoms with Crippen molar-refractivity contribution in [3.63, 3.8) is 0 Å². The van der Waals surface area contributed by atoms with Gasteiger partial charge in [-0.25, -0.2) is 4.98 Å². The molecule has 10 heteroatoms. The van der Waals surface area contributed by atoms with Crippen LogP contribution in [0.1, 0.15) is 171 Å². The van der Waals surface area contributed by atoms with Crippen LogP contribution in [0, 0.1) is 6.92 Å². The lowest BCUT2D eigenvalue weighted by atomic mass is 9.84. The van der Waals surface area contributed by atoms with Crippen LogP contribution in [0.5, 0.6) is 0 Å². The van der Waals surface area contributed by atoms with Crippen LogP contribution in [0.3, 0.4) is 0 Å². The van der Waals surface area contributed by atoms with E-state index in [1.54, 1.807) is 6.92 Å². The van der Waals surface area contributed by atoms with E-state index in [0.717, 1.165) is 53.7 Å². The molecule has 2 aromatic heterocycles. The number of amides is 2. The number of aryl methyl sites for hydroxylation is 1. The summed E-state index contributed by atoms with van der Waals surface area (Å²) in [5, 5.41) is 9.70. The van der Waals surface area contributed by atoms with Crippen molar-refractivity contribution in [2.24, 2.45) is 0 Å². The third-order valence-electron chi connectivity index (χ3n) is 11.0. The summed E-state index contributed by atoms with van der Waals surface area (Å²) in [5.41, 5.74) is 8.32. The maximum atomic E-state index is 14.5. The topological polar surface area (TPSA) is 149 Å². The molecule has 258 valence electrons. The number of carbonyl (C=O) groups is 4. The molecule has 10 nitrogen and oxygen atoms in total. The number of aromatic nitrogens is 4. The highest BCUT2D eigenvalue weighted by Crippen LogP contribution is 2.45. The molecule has 3 N–H and O–H groups in total. The maximum Gasteiger partial charge on any atom is 0.303 e. The standard InChI is InChI=1S/C39H47N5O5/c1-8-10-11-12-15-44-38(48)34-22(6)29-17-30-24(9-2)19(3)26(40-30)18-31-33(23(7)45)21(5)28(41-31)16-27-20(4)25(13-14-32(46)47)36(42-27)35(39(44)49)37(34)43-29/h16-20,24-25,40,43H,8-15H2,1-7H3,(H,46,47)/t19-,20-,24-,25-/m0/s1. The predicted molar refractivity (Wildman–Crippen MR) is 189 cm³/mol. The van der Waals surface area contributed by atoms with Crippen LogP contribution in [0.4, 0.5) is 0 Å². The van der Waals surface area contributed by atoms with Gasteiger partial charge in [0.2, 0.25) is 0 Å². The van der Waals surface area contributed by atoms with Gasteiger partial charge in [-0.3, -0.25) is 29.1 Å². The molecule has 0 unspecified atom stereocenters. The molecule has 4 atom stereocenters. The number of carboxylic acids is 1. The molecule has 0 spiro atoms. The van der Waals surface area contributed by atoms with E-state index < -0.39 is 17.8 Å². The van der Waals surface area contributed by atoms with Crippen LogP contribution in [0.15, 0.2) is 18.2 Å². The van der Waals surface area contributed by atoms with Gasteiger partial charge < -0.3 is 15.1 Å². The van der Waals surface area contributed by atoms with E-state index in [9.17, 15) is 24.3 Å². The summed E-state index contributed by atoms with van der Waals surface area (Å²) in [5.74, 6) is -2.10. The largest absolute Gasteiger partial charge is 0.481 e. The summed E-state index contributed by atoms with van der Waals surface area (Å²) in [7, 11) is 0. The molecule has 0 aromatic carbocycles. The second-order valence-corrected chi connectivity index (χ2v) is 14.1. The number of hydrogen-bond acceptors (Lipinski definition) is 6. The average molecular weight is 666 g/mol. The fraction of sp³-hybridized carbons (Fsp3) is 0.487. The number of allylic oxidation sites excluding steroid dienone is 2. The number of ketones is 1. The van der Waals surface area contributed by atoms with Gasteiger partial charge in [0, 0.05) is 64.8 Å². The lowest BCUT2D eigenvalue weighted by Gasteiger charge is -2.27. The van der Waals surface area contributed by atoms with Gasteiger partial charge >= 0.3 is 5.97 Å². The van der Waals surface area contributed by atoms with E-state index in [2.05, 4.69) is 30.7 Å². The van der Waals surface area contributed by atoms with Crippen LogP contribution < -0.4 is 0 Å². The first-order chi connectivity index (χ1) is 23.4. The minimum Gasteiger partial charge on any atom is -0.481 e. The lowest BCUT2D eigenvalue weighted by Crippen LogP contribution is -2.41. The molecular formula is C39H47N5O5. The lowest BCUT2D eigenvalue weighted by molar-refractivity contribution is -0.137. The molecule has 2 amide bonds. The van der Waals surface area contributed by atoms with E-state index in [0.29, 0.717) is 58.0 Å². The molecule has 4 aliphatic heterocycles. The molecule has 0 saturated heterocycles. The summed E-state index contributed by atoms with van der Waals surface area (Å²) in [6.07, 6.45) is 4.67. The molecule has 0 aliphatic carbocycles. The third-order valence-corrected chi connectivity index (χ3v) is 11.0. The average Bonchev–Trinajstić information content (AvgIpc) is 3.73. The SMILES string of the molecule is CCCCCCN1C(=O)c2c3nc(cc4nc(cc5[nH]c(cc6[nH]c2c(c6C)C1=O)[C@@H](CC)[C@@H]5C)C(C(C)=O)=C4C)[C@@H](C)[C@@H]3CCC(=O)O. The molecule has 4 aliphatic rings. The zero-order valence-electron chi connectivity index (χ0n) is 29.6. The third kappa shape index (κ3) is 5.89. The molecular weight excluding hydrogens is 618 g/mol. The Morgan fingerprint density at radius 2 is 1.61 bits per heavy atom. The minimum atomic E-state index is -0.931. The van der Waals surface area contributed by atoms with E-state index in [1.807, 2.05) is 39.0 Å². The number of fused-ring (bicyclic) bond motifs is 8. The number of hydrogen-bond donors (Lipinski definition) is 3. The molecule has 0 radical (unpaired) electrons. The van der Waals surface area contributed by atoms with Gasteiger partial charge in [-0.15, -0.1) is 0 Å². The second-order valence-electron chi connectivity index (χ2n) is 14.1. The van der Waals surface area contributed by atoms with Crippen molar-refractivity contribution in [1.82, 2.24) is 24.8 Å². The molecule has 6 heterocycles. The van der Waals surface area contributed by atoms with E-state index in [-0.39, 0.29) is 42.3 Å². The predicted octanol–water partition coefficient (Wildman–Crippen LogP) is 8.09. The van der Waals surface area contributed by atoms with Gasteiger partial charge in [-0.1, -0.05) is 47.0 Å². The number of Topliss-reactive ketones (excluding diaryl/α,β-unsaturated/α-hetero) is 1. The van der Waals surface area contributed by atoms with Gasteiger partial charge in [0.05, 0.1) is 33.7 Å². The number of nitrogens with one attached hydrogen (secondary N) is 2. The van der Waals surface area contributed by atoms with Gasteiger partial charge in [0.15, 0.2) is 5.78 Å². The van der Waals surface area contributed by atoms with Crippen LogP contribution in [-0.4, -0.2) is 60.1 Å². The van der Waals surface area contributed by atoms with Crippen molar-refractivity contribution in [1.29, 1.82) is 0 Å². The van der Waals surface area contributed by atoms with Crippen molar-refractivity contribution in [2.45, 2.75) is 117 Å². The van der Waals surface area contributed by atoms with Gasteiger partial charge in [-0.2, -0.15) is 0 Å². The van der Waals surface area contributed by atoms with Gasteiger partial charge in [-0.05, 0) is 69.4 Å². The number of rotatable bonds is 10. The number of carbonyl (C=O) groups excluding carboxylic acids is 3. The normalized spacial score (nSPS) is 21.0. The van der Waals surface area contributed by atoms with Gasteiger partial charge in [0.1, 0.15) is 0 Å². The first-order valence-corrected chi connectivity index (χ1v) is 17.7. The highest BCUT2D eigenvalue weighted by Gasteiger charge is 2.41. The first-order valence-electron chi connectivity index (χ1n) is 17.7. The van der Waals surface area contributed by atoms with Crippen LogP contribution >= 0.6 is 0 Å². The highest BCUT2D eigenvalue weighted by molar-refractivity contribution is 6.27. The zero-order chi connectivity index (χ0) is 35.3. The monoisotopic (exact) mass is 665 g/mol. The molecule has 49 heavy (non-hydrogen) atoms. The number of carboxylic acid groups (broad SMARTS) is 1. The first kappa shape index (κ1) is 34.3. The highest BCUT2D eigenvalue weighted by atomic mass is 16.4.